The maximum absolute atomic E-state index is 2.31. The summed E-state index contributed by atoms with van der Waals surface area (Å²) in [6.45, 7) is 6.52. The van der Waals surface area contributed by atoms with Gasteiger partial charge in [0.2, 0.25) is 0 Å². The van der Waals surface area contributed by atoms with E-state index in [2.05, 4.69) is 39.0 Å². The summed E-state index contributed by atoms with van der Waals surface area (Å²) in [7, 11) is 0. The van der Waals surface area contributed by atoms with E-state index >= 15 is 0 Å². The number of hydrogen-bond acceptors (Lipinski definition) is 0. The molecule has 0 N–H and O–H groups in total. The van der Waals surface area contributed by atoms with Gasteiger partial charge in [0.25, 0.3) is 0 Å². The third-order valence-electron chi connectivity index (χ3n) is 2.22. The van der Waals surface area contributed by atoms with Crippen molar-refractivity contribution in [1.29, 1.82) is 0 Å². The van der Waals surface area contributed by atoms with E-state index in [0.717, 1.165) is 6.42 Å². The van der Waals surface area contributed by atoms with E-state index in [9.17, 15) is 0 Å². The van der Waals surface area contributed by atoms with Crippen molar-refractivity contribution in [1.82, 2.24) is 0 Å². The normalized spacial score (nSPS) is 16.6. The van der Waals surface area contributed by atoms with Gasteiger partial charge in [-0.25, -0.2) is 0 Å². The van der Waals surface area contributed by atoms with Crippen LogP contribution in [0.2, 0.25) is 0 Å². The van der Waals surface area contributed by atoms with Crippen LogP contribution in [-0.4, -0.2) is 0 Å². The molecule has 0 bridgehead atoms. The molecule has 0 atom stereocenters. The Morgan fingerprint density at radius 3 is 2.58 bits per heavy atom. The predicted octanol–water partition coefficient (Wildman–Crippen LogP) is 4.01. The lowest BCUT2D eigenvalue weighted by atomic mass is 9.97. The largest absolute Gasteiger partial charge is 0.0818 e. The Hall–Kier alpha value is -0.780. The van der Waals surface area contributed by atoms with Crippen molar-refractivity contribution in [3.8, 4) is 0 Å². The molecule has 0 nitrogen and oxygen atoms in total. The van der Waals surface area contributed by atoms with Crippen LogP contribution in [0.5, 0.6) is 0 Å². The number of hydrogen-bond donors (Lipinski definition) is 0. The van der Waals surface area contributed by atoms with Crippen molar-refractivity contribution in [2.75, 3.05) is 0 Å². The van der Waals surface area contributed by atoms with E-state index in [-0.39, 0.29) is 0 Å². The van der Waals surface area contributed by atoms with Crippen LogP contribution in [0.1, 0.15) is 40.0 Å². The maximum atomic E-state index is 2.31. The quantitative estimate of drug-likeness (QED) is 0.538. The molecule has 66 valence electrons. The van der Waals surface area contributed by atoms with Crippen molar-refractivity contribution in [2.45, 2.75) is 40.0 Å². The van der Waals surface area contributed by atoms with E-state index in [1.165, 1.54) is 24.0 Å². The van der Waals surface area contributed by atoms with E-state index in [1.807, 2.05) is 0 Å². The first-order valence-corrected chi connectivity index (χ1v) is 4.67. The van der Waals surface area contributed by atoms with Crippen molar-refractivity contribution in [2.24, 2.45) is 0 Å². The summed E-state index contributed by atoms with van der Waals surface area (Å²) in [4.78, 5) is 0. The fourth-order valence-electron chi connectivity index (χ4n) is 1.29. The molecule has 0 amide bonds. The first kappa shape index (κ1) is 9.31. The zero-order valence-electron chi connectivity index (χ0n) is 8.35. The van der Waals surface area contributed by atoms with Crippen LogP contribution in [0.25, 0.3) is 0 Å². The van der Waals surface area contributed by atoms with Crippen LogP contribution < -0.4 is 0 Å². The van der Waals surface area contributed by atoms with Crippen LogP contribution in [0.15, 0.2) is 34.9 Å². The minimum Gasteiger partial charge on any atom is -0.0818 e. The van der Waals surface area contributed by atoms with Gasteiger partial charge in [0, 0.05) is 0 Å². The average Bonchev–Trinajstić information content (AvgIpc) is 2.03. The molecule has 1 aliphatic rings. The molecule has 0 aromatic rings. The molecular formula is C12H18. The third-order valence-corrected chi connectivity index (χ3v) is 2.22. The van der Waals surface area contributed by atoms with Gasteiger partial charge in [-0.15, -0.1) is 0 Å². The second-order valence-electron chi connectivity index (χ2n) is 3.82. The van der Waals surface area contributed by atoms with Crippen LogP contribution >= 0.6 is 0 Å². The number of allylic oxidation sites excluding steroid dienone is 6. The predicted molar refractivity (Wildman–Crippen MR) is 55.1 cm³/mol. The molecule has 0 aromatic heterocycles. The second-order valence-corrected chi connectivity index (χ2v) is 3.82. The van der Waals surface area contributed by atoms with E-state index < -0.39 is 0 Å². The summed E-state index contributed by atoms with van der Waals surface area (Å²) in [5.74, 6) is 0. The monoisotopic (exact) mass is 162 g/mol. The first-order chi connectivity index (χ1) is 5.68. The SMILES string of the molecule is CC(C)=CCC1=CC=C(C)CC1. The Morgan fingerprint density at radius 2 is 2.08 bits per heavy atom. The minimum absolute atomic E-state index is 1.14. The highest BCUT2D eigenvalue weighted by Gasteiger charge is 2.00. The maximum Gasteiger partial charge on any atom is -0.0133 e. The zero-order valence-corrected chi connectivity index (χ0v) is 8.35. The molecule has 1 aliphatic carbocycles. The molecule has 0 aliphatic heterocycles. The third kappa shape index (κ3) is 3.08. The Kier molecular flexibility index (Phi) is 3.33. The van der Waals surface area contributed by atoms with Crippen molar-refractivity contribution in [3.05, 3.63) is 34.9 Å². The summed E-state index contributed by atoms with van der Waals surface area (Å²) in [6, 6.07) is 0. The Labute approximate surface area is 75.7 Å². The van der Waals surface area contributed by atoms with Crippen molar-refractivity contribution < 1.29 is 0 Å². The fourth-order valence-corrected chi connectivity index (χ4v) is 1.29. The molecule has 0 unspecified atom stereocenters. The molecule has 0 aromatic carbocycles. The summed E-state index contributed by atoms with van der Waals surface area (Å²) < 4.78 is 0. The molecule has 0 spiro atoms. The Balaban J connectivity index is 2.50. The lowest BCUT2D eigenvalue weighted by Gasteiger charge is -2.09. The lowest BCUT2D eigenvalue weighted by Crippen LogP contribution is -1.89. The van der Waals surface area contributed by atoms with Crippen molar-refractivity contribution in [3.63, 3.8) is 0 Å². The lowest BCUT2D eigenvalue weighted by molar-refractivity contribution is 0.877. The smallest absolute Gasteiger partial charge is 0.0133 e. The van der Waals surface area contributed by atoms with Crippen molar-refractivity contribution >= 4 is 0 Å². The molecule has 0 heteroatoms. The van der Waals surface area contributed by atoms with E-state index in [0.29, 0.717) is 0 Å². The van der Waals surface area contributed by atoms with Gasteiger partial charge >= 0.3 is 0 Å². The van der Waals surface area contributed by atoms with Gasteiger partial charge in [0.15, 0.2) is 0 Å². The van der Waals surface area contributed by atoms with Crippen LogP contribution in [0.4, 0.5) is 0 Å². The molecule has 0 radical (unpaired) electrons. The van der Waals surface area contributed by atoms with Crippen LogP contribution in [-0.2, 0) is 0 Å². The zero-order chi connectivity index (χ0) is 8.97. The summed E-state index contributed by atoms with van der Waals surface area (Å²) in [5, 5.41) is 0. The van der Waals surface area contributed by atoms with Gasteiger partial charge in [0.05, 0.1) is 0 Å². The minimum atomic E-state index is 1.14. The highest BCUT2D eigenvalue weighted by Crippen LogP contribution is 2.20. The van der Waals surface area contributed by atoms with Crippen LogP contribution in [0.3, 0.4) is 0 Å². The molecular weight excluding hydrogens is 144 g/mol. The summed E-state index contributed by atoms with van der Waals surface area (Å²) in [6.07, 6.45) is 10.5. The van der Waals surface area contributed by atoms with E-state index in [1.54, 1.807) is 5.57 Å². The molecule has 0 heterocycles. The molecule has 1 rings (SSSR count). The standard InChI is InChI=1S/C12H18/c1-10(2)4-7-12-8-5-11(3)6-9-12/h4-5,8H,6-7,9H2,1-3H3. The van der Waals surface area contributed by atoms with Gasteiger partial charge in [-0.05, 0) is 40.0 Å². The van der Waals surface area contributed by atoms with Gasteiger partial charge in [-0.1, -0.05) is 34.9 Å². The summed E-state index contributed by atoms with van der Waals surface area (Å²) in [5.41, 5.74) is 4.50. The Morgan fingerprint density at radius 1 is 1.33 bits per heavy atom. The van der Waals surface area contributed by atoms with E-state index in [4.69, 9.17) is 0 Å². The van der Waals surface area contributed by atoms with Gasteiger partial charge in [-0.2, -0.15) is 0 Å². The number of rotatable bonds is 2. The highest BCUT2D eigenvalue weighted by atomic mass is 14.1. The highest BCUT2D eigenvalue weighted by molar-refractivity contribution is 5.24. The van der Waals surface area contributed by atoms with Crippen LogP contribution in [0, 0.1) is 0 Å². The molecule has 0 saturated carbocycles. The molecule has 0 saturated heterocycles. The summed E-state index contributed by atoms with van der Waals surface area (Å²) >= 11 is 0. The first-order valence-electron chi connectivity index (χ1n) is 4.67. The van der Waals surface area contributed by atoms with Gasteiger partial charge < -0.3 is 0 Å². The molecule has 12 heavy (non-hydrogen) atoms. The fraction of sp³-hybridized carbons (Fsp3) is 0.500. The van der Waals surface area contributed by atoms with Gasteiger partial charge in [0.1, 0.15) is 0 Å². The molecule has 0 fully saturated rings. The topological polar surface area (TPSA) is 0 Å². The average molecular weight is 162 g/mol. The second kappa shape index (κ2) is 4.30. The van der Waals surface area contributed by atoms with Gasteiger partial charge in [-0.3, -0.25) is 0 Å². The Bertz CT molecular complexity index is 235.